The molecule has 0 atom stereocenters. The first-order valence-electron chi connectivity index (χ1n) is 5.92. The molecule has 0 radical (unpaired) electrons. The van der Waals surface area contributed by atoms with E-state index in [2.05, 4.69) is 20.9 Å². The van der Waals surface area contributed by atoms with Crippen LogP contribution in [0.1, 0.15) is 6.42 Å². The van der Waals surface area contributed by atoms with E-state index < -0.39 is 0 Å². The zero-order valence-corrected chi connectivity index (χ0v) is 10.7. The maximum atomic E-state index is 5.51. The molecule has 2 N–H and O–H groups in total. The SMILES string of the molecule is NC(=S)CCN1CCN(c2ccccn2)CC1. The van der Waals surface area contributed by atoms with Gasteiger partial charge in [0.05, 0.1) is 4.99 Å². The fraction of sp³-hybridized carbons (Fsp3) is 0.500. The number of nitrogens with two attached hydrogens (primary N) is 1. The molecule has 1 aromatic rings. The van der Waals surface area contributed by atoms with E-state index in [0.717, 1.165) is 45.0 Å². The minimum atomic E-state index is 0.608. The molecule has 0 saturated carbocycles. The number of hydrogen-bond donors (Lipinski definition) is 1. The predicted molar refractivity (Wildman–Crippen MR) is 74.3 cm³/mol. The average molecular weight is 250 g/mol. The van der Waals surface area contributed by atoms with Gasteiger partial charge in [0.1, 0.15) is 5.82 Å². The molecule has 2 rings (SSSR count). The maximum absolute atomic E-state index is 5.51. The van der Waals surface area contributed by atoms with Gasteiger partial charge in [-0.25, -0.2) is 4.98 Å². The van der Waals surface area contributed by atoms with Crippen LogP contribution in [0, 0.1) is 0 Å². The minimum absolute atomic E-state index is 0.608. The summed E-state index contributed by atoms with van der Waals surface area (Å²) in [5.41, 5.74) is 5.51. The van der Waals surface area contributed by atoms with E-state index in [-0.39, 0.29) is 0 Å². The molecule has 1 fully saturated rings. The molecule has 4 nitrogen and oxygen atoms in total. The molecule has 5 heteroatoms. The summed E-state index contributed by atoms with van der Waals surface area (Å²) in [6.07, 6.45) is 2.66. The molecule has 0 bridgehead atoms. The molecule has 1 aliphatic heterocycles. The van der Waals surface area contributed by atoms with Crippen molar-refractivity contribution in [3.8, 4) is 0 Å². The second-order valence-corrected chi connectivity index (χ2v) is 4.76. The van der Waals surface area contributed by atoms with Crippen LogP contribution in [0.15, 0.2) is 24.4 Å². The van der Waals surface area contributed by atoms with Crippen LogP contribution in [0.3, 0.4) is 0 Å². The van der Waals surface area contributed by atoms with E-state index >= 15 is 0 Å². The number of hydrogen-bond acceptors (Lipinski definition) is 4. The van der Waals surface area contributed by atoms with Crippen molar-refractivity contribution in [3.05, 3.63) is 24.4 Å². The topological polar surface area (TPSA) is 45.4 Å². The summed E-state index contributed by atoms with van der Waals surface area (Å²) >= 11 is 4.89. The Balaban J connectivity index is 1.80. The van der Waals surface area contributed by atoms with Crippen molar-refractivity contribution in [1.29, 1.82) is 0 Å². The largest absolute Gasteiger partial charge is 0.393 e. The molecule has 1 aliphatic rings. The van der Waals surface area contributed by atoms with E-state index in [1.807, 2.05) is 18.3 Å². The van der Waals surface area contributed by atoms with Crippen molar-refractivity contribution in [2.45, 2.75) is 6.42 Å². The molecule has 2 heterocycles. The molecule has 0 aromatic carbocycles. The van der Waals surface area contributed by atoms with Crippen molar-refractivity contribution in [1.82, 2.24) is 9.88 Å². The second kappa shape index (κ2) is 5.93. The van der Waals surface area contributed by atoms with Gasteiger partial charge in [0.15, 0.2) is 0 Å². The van der Waals surface area contributed by atoms with Gasteiger partial charge in [0.2, 0.25) is 0 Å². The van der Waals surface area contributed by atoms with Crippen LogP contribution in [0.2, 0.25) is 0 Å². The Hall–Kier alpha value is -1.20. The molecular formula is C12H18N4S. The molecule has 17 heavy (non-hydrogen) atoms. The van der Waals surface area contributed by atoms with Crippen molar-refractivity contribution >= 4 is 23.0 Å². The molecule has 0 unspecified atom stereocenters. The number of piperazine rings is 1. The Morgan fingerprint density at radius 3 is 2.65 bits per heavy atom. The first-order chi connectivity index (χ1) is 8.25. The van der Waals surface area contributed by atoms with Crippen LogP contribution in [0.4, 0.5) is 5.82 Å². The van der Waals surface area contributed by atoms with Crippen LogP contribution < -0.4 is 10.6 Å². The third-order valence-electron chi connectivity index (χ3n) is 3.02. The van der Waals surface area contributed by atoms with Crippen molar-refractivity contribution < 1.29 is 0 Å². The van der Waals surface area contributed by atoms with E-state index in [1.165, 1.54) is 0 Å². The third kappa shape index (κ3) is 3.64. The van der Waals surface area contributed by atoms with Gasteiger partial charge < -0.3 is 10.6 Å². The lowest BCUT2D eigenvalue weighted by molar-refractivity contribution is 0.264. The standard InChI is InChI=1S/C12H18N4S/c13-11(17)4-6-15-7-9-16(10-8-15)12-3-1-2-5-14-12/h1-3,5H,4,6-10H2,(H2,13,17). The smallest absolute Gasteiger partial charge is 0.128 e. The normalized spacial score (nSPS) is 17.1. The van der Waals surface area contributed by atoms with E-state index in [1.54, 1.807) is 0 Å². The third-order valence-corrected chi connectivity index (χ3v) is 3.22. The summed E-state index contributed by atoms with van der Waals surface area (Å²) in [5, 5.41) is 0. The lowest BCUT2D eigenvalue weighted by atomic mass is 10.3. The number of thiocarbonyl (C=S) groups is 1. The highest BCUT2D eigenvalue weighted by atomic mass is 32.1. The van der Waals surface area contributed by atoms with Crippen LogP contribution in [0.25, 0.3) is 0 Å². The zero-order chi connectivity index (χ0) is 12.1. The number of rotatable bonds is 4. The molecule has 92 valence electrons. The van der Waals surface area contributed by atoms with Crippen LogP contribution in [0.5, 0.6) is 0 Å². The number of aromatic nitrogens is 1. The average Bonchev–Trinajstić information content (AvgIpc) is 2.38. The quantitative estimate of drug-likeness (QED) is 0.804. The Morgan fingerprint density at radius 1 is 1.29 bits per heavy atom. The fourth-order valence-corrected chi connectivity index (χ4v) is 2.10. The molecular weight excluding hydrogens is 232 g/mol. The Morgan fingerprint density at radius 2 is 2.06 bits per heavy atom. The van der Waals surface area contributed by atoms with Gasteiger partial charge in [0, 0.05) is 45.3 Å². The van der Waals surface area contributed by atoms with Gasteiger partial charge in [-0.15, -0.1) is 0 Å². The van der Waals surface area contributed by atoms with Crippen LogP contribution in [-0.4, -0.2) is 47.6 Å². The van der Waals surface area contributed by atoms with Gasteiger partial charge in [-0.05, 0) is 12.1 Å². The summed E-state index contributed by atoms with van der Waals surface area (Å²) in [6, 6.07) is 6.04. The first kappa shape index (κ1) is 12.3. The molecule has 0 aliphatic carbocycles. The number of anilines is 1. The van der Waals surface area contributed by atoms with Crippen LogP contribution in [-0.2, 0) is 0 Å². The Kier molecular flexibility index (Phi) is 4.28. The molecule has 0 amide bonds. The summed E-state index contributed by atoms with van der Waals surface area (Å²) < 4.78 is 0. The predicted octanol–water partition coefficient (Wildman–Crippen LogP) is 0.880. The van der Waals surface area contributed by atoms with Crippen molar-refractivity contribution in [3.63, 3.8) is 0 Å². The van der Waals surface area contributed by atoms with E-state index in [4.69, 9.17) is 18.0 Å². The molecule has 1 saturated heterocycles. The molecule has 0 spiro atoms. The minimum Gasteiger partial charge on any atom is -0.393 e. The van der Waals surface area contributed by atoms with Crippen molar-refractivity contribution in [2.75, 3.05) is 37.6 Å². The van der Waals surface area contributed by atoms with E-state index in [0.29, 0.717) is 4.99 Å². The maximum Gasteiger partial charge on any atom is 0.128 e. The summed E-state index contributed by atoms with van der Waals surface area (Å²) in [7, 11) is 0. The van der Waals surface area contributed by atoms with Crippen LogP contribution >= 0.6 is 12.2 Å². The highest BCUT2D eigenvalue weighted by molar-refractivity contribution is 7.80. The van der Waals surface area contributed by atoms with Crippen molar-refractivity contribution in [2.24, 2.45) is 5.73 Å². The van der Waals surface area contributed by atoms with Gasteiger partial charge in [0.25, 0.3) is 0 Å². The fourth-order valence-electron chi connectivity index (χ4n) is 2.01. The second-order valence-electron chi connectivity index (χ2n) is 4.23. The molecule has 1 aromatic heterocycles. The monoisotopic (exact) mass is 250 g/mol. The first-order valence-corrected chi connectivity index (χ1v) is 6.33. The lowest BCUT2D eigenvalue weighted by Crippen LogP contribution is -2.47. The van der Waals surface area contributed by atoms with Gasteiger partial charge in [-0.1, -0.05) is 18.3 Å². The number of pyridine rings is 1. The summed E-state index contributed by atoms with van der Waals surface area (Å²) in [6.45, 7) is 5.13. The zero-order valence-electron chi connectivity index (χ0n) is 9.88. The highest BCUT2D eigenvalue weighted by Crippen LogP contribution is 2.12. The lowest BCUT2D eigenvalue weighted by Gasteiger charge is -2.35. The van der Waals surface area contributed by atoms with E-state index in [9.17, 15) is 0 Å². The highest BCUT2D eigenvalue weighted by Gasteiger charge is 2.17. The Bertz CT molecular complexity index is 360. The van der Waals surface area contributed by atoms with Gasteiger partial charge in [-0.3, -0.25) is 4.90 Å². The van der Waals surface area contributed by atoms with Gasteiger partial charge in [-0.2, -0.15) is 0 Å². The summed E-state index contributed by atoms with van der Waals surface area (Å²) in [4.78, 5) is 9.69. The summed E-state index contributed by atoms with van der Waals surface area (Å²) in [5.74, 6) is 1.07. The van der Waals surface area contributed by atoms with Gasteiger partial charge >= 0.3 is 0 Å². The Labute approximate surface area is 107 Å². The number of nitrogens with zero attached hydrogens (tertiary/aromatic N) is 3.